The van der Waals surface area contributed by atoms with E-state index in [4.69, 9.17) is 5.73 Å². The van der Waals surface area contributed by atoms with E-state index < -0.39 is 0 Å². The molecule has 1 aromatic heterocycles. The highest BCUT2D eigenvalue weighted by atomic mass is 14.9. The molecule has 1 atom stereocenters. The van der Waals surface area contributed by atoms with Crippen LogP contribution in [0.5, 0.6) is 0 Å². The van der Waals surface area contributed by atoms with Crippen LogP contribution in [0.2, 0.25) is 0 Å². The quantitative estimate of drug-likeness (QED) is 0.715. The molecular formula is C9H17N3. The van der Waals surface area contributed by atoms with Crippen LogP contribution >= 0.6 is 0 Å². The molecule has 12 heavy (non-hydrogen) atoms. The van der Waals surface area contributed by atoms with Crippen molar-refractivity contribution >= 4 is 0 Å². The smallest absolute Gasteiger partial charge is 0.107 e. The van der Waals surface area contributed by atoms with Gasteiger partial charge in [-0.2, -0.15) is 0 Å². The first-order valence-electron chi connectivity index (χ1n) is 4.39. The second-order valence-electron chi connectivity index (χ2n) is 3.62. The van der Waals surface area contributed by atoms with Gasteiger partial charge in [0, 0.05) is 24.4 Å². The molecule has 0 bridgehead atoms. The number of nitrogens with one attached hydrogen (secondary N) is 1. The van der Waals surface area contributed by atoms with Crippen LogP contribution in [0.15, 0.2) is 6.20 Å². The maximum absolute atomic E-state index is 5.65. The summed E-state index contributed by atoms with van der Waals surface area (Å²) in [6.45, 7) is 6.27. The Morgan fingerprint density at radius 2 is 2.17 bits per heavy atom. The fourth-order valence-electron chi connectivity index (χ4n) is 1.08. The molecule has 1 aromatic rings. The average molecular weight is 167 g/mol. The van der Waals surface area contributed by atoms with E-state index in [2.05, 4.69) is 23.8 Å². The SMILES string of the molecule is CC(N)Cc1ncc(C(C)C)[nH]1. The van der Waals surface area contributed by atoms with Gasteiger partial charge in [-0.05, 0) is 12.8 Å². The molecule has 3 heteroatoms. The van der Waals surface area contributed by atoms with Crippen molar-refractivity contribution in [3.8, 4) is 0 Å². The molecule has 0 amide bonds. The molecule has 0 spiro atoms. The lowest BCUT2D eigenvalue weighted by Gasteiger charge is -2.01. The van der Waals surface area contributed by atoms with Gasteiger partial charge >= 0.3 is 0 Å². The standard InChI is InChI=1S/C9H17N3/c1-6(2)8-5-11-9(12-8)4-7(3)10/h5-7H,4,10H2,1-3H3,(H,11,12). The zero-order valence-electron chi connectivity index (χ0n) is 7.96. The maximum Gasteiger partial charge on any atom is 0.107 e. The van der Waals surface area contributed by atoms with Gasteiger partial charge in [0.2, 0.25) is 0 Å². The van der Waals surface area contributed by atoms with Crippen LogP contribution < -0.4 is 5.73 Å². The molecule has 0 aliphatic rings. The molecule has 0 saturated carbocycles. The van der Waals surface area contributed by atoms with E-state index in [1.807, 2.05) is 13.1 Å². The molecule has 0 aliphatic carbocycles. The Bertz CT molecular complexity index is 238. The fraction of sp³-hybridized carbons (Fsp3) is 0.667. The van der Waals surface area contributed by atoms with Crippen molar-refractivity contribution in [1.29, 1.82) is 0 Å². The highest BCUT2D eigenvalue weighted by Crippen LogP contribution is 2.11. The predicted molar refractivity (Wildman–Crippen MR) is 50.0 cm³/mol. The second kappa shape index (κ2) is 3.72. The van der Waals surface area contributed by atoms with Crippen LogP contribution in [0.4, 0.5) is 0 Å². The zero-order valence-corrected chi connectivity index (χ0v) is 7.96. The number of H-pyrrole nitrogens is 1. The molecule has 1 rings (SSSR count). The Labute approximate surface area is 73.4 Å². The minimum atomic E-state index is 0.177. The van der Waals surface area contributed by atoms with E-state index in [1.165, 1.54) is 5.69 Å². The number of aromatic nitrogens is 2. The van der Waals surface area contributed by atoms with Crippen molar-refractivity contribution in [3.63, 3.8) is 0 Å². The number of nitrogens with two attached hydrogens (primary N) is 1. The van der Waals surface area contributed by atoms with Gasteiger partial charge in [0.25, 0.3) is 0 Å². The first-order chi connectivity index (χ1) is 5.59. The molecule has 0 aromatic carbocycles. The second-order valence-corrected chi connectivity index (χ2v) is 3.62. The van der Waals surface area contributed by atoms with Crippen molar-refractivity contribution in [2.75, 3.05) is 0 Å². The summed E-state index contributed by atoms with van der Waals surface area (Å²) < 4.78 is 0. The minimum Gasteiger partial charge on any atom is -0.346 e. The summed E-state index contributed by atoms with van der Waals surface area (Å²) in [5.41, 5.74) is 6.84. The normalized spacial score (nSPS) is 13.8. The van der Waals surface area contributed by atoms with Crippen molar-refractivity contribution in [2.24, 2.45) is 5.73 Å². The molecular weight excluding hydrogens is 150 g/mol. The summed E-state index contributed by atoms with van der Waals surface area (Å²) in [4.78, 5) is 7.49. The maximum atomic E-state index is 5.65. The van der Waals surface area contributed by atoms with Gasteiger partial charge in [-0.3, -0.25) is 0 Å². The lowest BCUT2D eigenvalue weighted by molar-refractivity contribution is 0.705. The Hall–Kier alpha value is -0.830. The van der Waals surface area contributed by atoms with E-state index in [0.29, 0.717) is 5.92 Å². The van der Waals surface area contributed by atoms with Gasteiger partial charge < -0.3 is 10.7 Å². The van der Waals surface area contributed by atoms with Crippen molar-refractivity contribution in [2.45, 2.75) is 39.2 Å². The number of hydrogen-bond acceptors (Lipinski definition) is 2. The van der Waals surface area contributed by atoms with E-state index in [0.717, 1.165) is 12.2 Å². The fourth-order valence-corrected chi connectivity index (χ4v) is 1.08. The van der Waals surface area contributed by atoms with E-state index >= 15 is 0 Å². The van der Waals surface area contributed by atoms with Crippen LogP contribution in [-0.2, 0) is 6.42 Å². The lowest BCUT2D eigenvalue weighted by Crippen LogP contribution is -2.18. The van der Waals surface area contributed by atoms with Gasteiger partial charge in [0.15, 0.2) is 0 Å². The minimum absolute atomic E-state index is 0.177. The highest BCUT2D eigenvalue weighted by molar-refractivity contribution is 5.06. The van der Waals surface area contributed by atoms with Crippen molar-refractivity contribution < 1.29 is 0 Å². The Balaban J connectivity index is 2.64. The van der Waals surface area contributed by atoms with Gasteiger partial charge in [0.1, 0.15) is 5.82 Å². The number of imidazole rings is 1. The molecule has 1 heterocycles. The van der Waals surface area contributed by atoms with Crippen molar-refractivity contribution in [1.82, 2.24) is 9.97 Å². The molecule has 0 saturated heterocycles. The Morgan fingerprint density at radius 1 is 1.50 bits per heavy atom. The molecule has 0 radical (unpaired) electrons. The third-order valence-corrected chi connectivity index (χ3v) is 1.79. The lowest BCUT2D eigenvalue weighted by atomic mass is 10.2. The van der Waals surface area contributed by atoms with Gasteiger partial charge in [-0.15, -0.1) is 0 Å². The average Bonchev–Trinajstić information content (AvgIpc) is 2.34. The zero-order chi connectivity index (χ0) is 9.14. The van der Waals surface area contributed by atoms with Gasteiger partial charge in [-0.1, -0.05) is 13.8 Å². The summed E-state index contributed by atoms with van der Waals surface area (Å²) in [7, 11) is 0. The van der Waals surface area contributed by atoms with Crippen molar-refractivity contribution in [3.05, 3.63) is 17.7 Å². The molecule has 68 valence electrons. The molecule has 0 aliphatic heterocycles. The highest BCUT2D eigenvalue weighted by Gasteiger charge is 2.05. The third-order valence-electron chi connectivity index (χ3n) is 1.79. The van der Waals surface area contributed by atoms with Crippen LogP contribution in [0.25, 0.3) is 0 Å². The number of nitrogens with zero attached hydrogens (tertiary/aromatic N) is 1. The summed E-state index contributed by atoms with van der Waals surface area (Å²) in [5.74, 6) is 1.51. The molecule has 0 fully saturated rings. The van der Waals surface area contributed by atoms with Crippen LogP contribution in [0.3, 0.4) is 0 Å². The van der Waals surface area contributed by atoms with Gasteiger partial charge in [-0.25, -0.2) is 4.98 Å². The number of hydrogen-bond donors (Lipinski definition) is 2. The van der Waals surface area contributed by atoms with E-state index in [-0.39, 0.29) is 6.04 Å². The molecule has 1 unspecified atom stereocenters. The van der Waals surface area contributed by atoms with Crippen LogP contribution in [0.1, 0.15) is 38.2 Å². The first-order valence-corrected chi connectivity index (χ1v) is 4.39. The Kier molecular flexibility index (Phi) is 2.87. The largest absolute Gasteiger partial charge is 0.346 e. The predicted octanol–water partition coefficient (Wildman–Crippen LogP) is 1.42. The van der Waals surface area contributed by atoms with Crippen LogP contribution in [0, 0.1) is 0 Å². The molecule has 3 N–H and O–H groups in total. The third kappa shape index (κ3) is 2.34. The summed E-state index contributed by atoms with van der Waals surface area (Å²) in [6, 6.07) is 0.177. The van der Waals surface area contributed by atoms with Crippen LogP contribution in [-0.4, -0.2) is 16.0 Å². The summed E-state index contributed by atoms with van der Waals surface area (Å²) in [6.07, 6.45) is 2.72. The summed E-state index contributed by atoms with van der Waals surface area (Å²) in [5, 5.41) is 0. The molecule has 3 nitrogen and oxygen atoms in total. The number of rotatable bonds is 3. The first kappa shape index (κ1) is 9.26. The topological polar surface area (TPSA) is 54.7 Å². The van der Waals surface area contributed by atoms with Gasteiger partial charge in [0.05, 0.1) is 0 Å². The monoisotopic (exact) mass is 167 g/mol. The summed E-state index contributed by atoms with van der Waals surface area (Å²) >= 11 is 0. The number of aromatic amines is 1. The van der Waals surface area contributed by atoms with E-state index in [9.17, 15) is 0 Å². The Morgan fingerprint density at radius 3 is 2.58 bits per heavy atom. The van der Waals surface area contributed by atoms with E-state index in [1.54, 1.807) is 0 Å².